The zero-order valence-corrected chi connectivity index (χ0v) is 25.5. The normalized spacial score (nSPS) is 13.4. The van der Waals surface area contributed by atoms with Crippen LogP contribution in [0.25, 0.3) is 44.4 Å². The van der Waals surface area contributed by atoms with Crippen LogP contribution in [0.1, 0.15) is 99.4 Å². The van der Waals surface area contributed by atoms with Crippen LogP contribution in [0.15, 0.2) is 24.3 Å². The molecular formula is C32H36N4Pt. The number of nitrogens with zero attached hydrogens (tertiary/aromatic N) is 4. The molecule has 4 nitrogen and oxygen atoms in total. The Morgan fingerprint density at radius 3 is 1.30 bits per heavy atom. The number of fused-ring (bicyclic) bond motifs is 8. The van der Waals surface area contributed by atoms with Crippen molar-refractivity contribution >= 4 is 44.4 Å². The van der Waals surface area contributed by atoms with Gasteiger partial charge in [-0.1, -0.05) is 74.2 Å². The summed E-state index contributed by atoms with van der Waals surface area (Å²) >= 11 is 0. The Hall–Kier alpha value is -2.71. The first kappa shape index (κ1) is 27.3. The fraction of sp³-hybridized carbons (Fsp3) is 0.375. The van der Waals surface area contributed by atoms with Gasteiger partial charge in [-0.05, 0) is 75.7 Å². The van der Waals surface area contributed by atoms with Gasteiger partial charge in [-0.2, -0.15) is 0 Å². The summed E-state index contributed by atoms with van der Waals surface area (Å²) in [5.41, 5.74) is 18.2. The zero-order chi connectivity index (χ0) is 25.7. The molecule has 194 valence electrons. The molecule has 5 heterocycles. The number of allylic oxidation sites excluding steroid dienone is 4. The second-order valence-electron chi connectivity index (χ2n) is 9.93. The van der Waals surface area contributed by atoms with Crippen LogP contribution in [0, 0.1) is 13.8 Å². The summed E-state index contributed by atoms with van der Waals surface area (Å²) in [5.74, 6) is 0. The number of rotatable bonds is 4. The smallest absolute Gasteiger partial charge is 0.657 e. The average Bonchev–Trinajstić information content (AvgIpc) is 3.54. The van der Waals surface area contributed by atoms with Crippen molar-refractivity contribution < 1.29 is 21.1 Å². The van der Waals surface area contributed by atoms with Gasteiger partial charge in [0, 0.05) is 0 Å². The maximum Gasteiger partial charge on any atom is 2.00 e. The first-order valence-corrected chi connectivity index (χ1v) is 13.3. The van der Waals surface area contributed by atoms with E-state index in [-0.39, 0.29) is 21.1 Å². The fourth-order valence-corrected chi connectivity index (χ4v) is 5.65. The molecule has 0 spiro atoms. The predicted octanol–water partition coefficient (Wildman–Crippen LogP) is 7.99. The quantitative estimate of drug-likeness (QED) is 0.282. The zero-order valence-electron chi connectivity index (χ0n) is 23.2. The third-order valence-electron chi connectivity index (χ3n) is 8.10. The van der Waals surface area contributed by atoms with Gasteiger partial charge in [0.2, 0.25) is 0 Å². The maximum atomic E-state index is 5.17. The standard InChI is InChI=1S/C32H36N4.Pt/c1-9-21-23(11-3)31-16-32-24(12-4)22(10-2)30(36-32)15-28-20(8)18(6)26(34-28)13-25-17(5)19(7)27(33-25)14-29(21)35-31;/h13-16H,9-12H2,1-8H3;/q-2;+2. The molecule has 0 aromatic carbocycles. The van der Waals surface area contributed by atoms with Crippen molar-refractivity contribution in [3.05, 3.63) is 69.3 Å². The molecular weight excluding hydrogens is 635 g/mol. The van der Waals surface area contributed by atoms with Crippen molar-refractivity contribution in [3.63, 3.8) is 0 Å². The van der Waals surface area contributed by atoms with Crippen molar-refractivity contribution in [2.75, 3.05) is 0 Å². The van der Waals surface area contributed by atoms with E-state index < -0.39 is 0 Å². The van der Waals surface area contributed by atoms with E-state index in [1.54, 1.807) is 0 Å². The minimum absolute atomic E-state index is 0. The van der Waals surface area contributed by atoms with Gasteiger partial charge in [-0.3, -0.25) is 0 Å². The summed E-state index contributed by atoms with van der Waals surface area (Å²) in [5, 5.41) is 0. The first-order valence-electron chi connectivity index (χ1n) is 13.3. The largest absolute Gasteiger partial charge is 2.00 e. The summed E-state index contributed by atoms with van der Waals surface area (Å²) in [7, 11) is 0. The van der Waals surface area contributed by atoms with Crippen LogP contribution >= 0.6 is 0 Å². The van der Waals surface area contributed by atoms with Crippen LogP contribution in [-0.2, 0) is 33.9 Å². The summed E-state index contributed by atoms with van der Waals surface area (Å²) in [4.78, 5) is 20.4. The van der Waals surface area contributed by atoms with Crippen LogP contribution < -0.4 is 9.97 Å². The molecule has 2 aliphatic rings. The Labute approximate surface area is 235 Å². The van der Waals surface area contributed by atoms with E-state index in [2.05, 4.69) is 79.7 Å². The molecule has 5 rings (SSSR count). The van der Waals surface area contributed by atoms with Gasteiger partial charge >= 0.3 is 21.1 Å². The average molecular weight is 672 g/mol. The van der Waals surface area contributed by atoms with E-state index >= 15 is 0 Å². The third kappa shape index (κ3) is 4.48. The van der Waals surface area contributed by atoms with Crippen molar-refractivity contribution in [1.82, 2.24) is 19.9 Å². The third-order valence-corrected chi connectivity index (χ3v) is 8.10. The molecule has 0 atom stereocenters. The van der Waals surface area contributed by atoms with Gasteiger partial charge in [0.15, 0.2) is 0 Å². The van der Waals surface area contributed by atoms with Crippen LogP contribution in [0.4, 0.5) is 0 Å². The summed E-state index contributed by atoms with van der Waals surface area (Å²) in [6.07, 6.45) is 3.78. The predicted molar refractivity (Wildman–Crippen MR) is 153 cm³/mol. The van der Waals surface area contributed by atoms with E-state index in [1.165, 1.54) is 44.5 Å². The van der Waals surface area contributed by atoms with E-state index in [9.17, 15) is 0 Å². The van der Waals surface area contributed by atoms with E-state index in [0.29, 0.717) is 0 Å². The monoisotopic (exact) mass is 671 g/mol. The van der Waals surface area contributed by atoms with Gasteiger partial charge in [-0.25, -0.2) is 9.97 Å². The van der Waals surface area contributed by atoms with E-state index in [4.69, 9.17) is 19.9 Å². The van der Waals surface area contributed by atoms with Gasteiger partial charge in [0.1, 0.15) is 0 Å². The minimum Gasteiger partial charge on any atom is -0.657 e. The SMILES string of the molecule is CCC1=C(CC)c2cc3[n-]c(cc4nc(cc5[n-]c(cc1n2)c(C)c5C)C(C)=C4C)c(CC)c3CC.[Pt+2]. The van der Waals surface area contributed by atoms with Crippen molar-refractivity contribution in [2.24, 2.45) is 0 Å². The van der Waals surface area contributed by atoms with Crippen molar-refractivity contribution in [3.8, 4) is 0 Å². The minimum atomic E-state index is 0. The van der Waals surface area contributed by atoms with Crippen molar-refractivity contribution in [1.29, 1.82) is 0 Å². The van der Waals surface area contributed by atoms with Gasteiger partial charge in [0.05, 0.1) is 22.8 Å². The molecule has 0 saturated carbocycles. The van der Waals surface area contributed by atoms with Crippen LogP contribution in [0.5, 0.6) is 0 Å². The molecule has 3 aromatic rings. The Kier molecular flexibility index (Phi) is 7.81. The second-order valence-corrected chi connectivity index (χ2v) is 9.93. The molecule has 0 radical (unpaired) electrons. The summed E-state index contributed by atoms with van der Waals surface area (Å²) in [6.45, 7) is 17.5. The topological polar surface area (TPSA) is 54.0 Å². The van der Waals surface area contributed by atoms with Crippen LogP contribution in [-0.4, -0.2) is 9.97 Å². The number of hydrogen-bond acceptors (Lipinski definition) is 2. The number of aryl methyl sites for hydroxylation is 4. The van der Waals surface area contributed by atoms with Crippen LogP contribution in [0.2, 0.25) is 0 Å². The van der Waals surface area contributed by atoms with Crippen molar-refractivity contribution in [2.45, 2.75) is 81.1 Å². The Bertz CT molecular complexity index is 1610. The van der Waals surface area contributed by atoms with E-state index in [1.807, 2.05) is 0 Å². The molecule has 0 saturated heterocycles. The molecule has 8 bridgehead atoms. The van der Waals surface area contributed by atoms with Gasteiger partial charge < -0.3 is 9.97 Å². The Balaban J connectivity index is 0.00000320. The van der Waals surface area contributed by atoms with Crippen LogP contribution in [0.3, 0.4) is 0 Å². The number of aromatic nitrogens is 4. The molecule has 3 aromatic heterocycles. The molecule has 2 aliphatic heterocycles. The maximum absolute atomic E-state index is 5.17. The molecule has 0 N–H and O–H groups in total. The fourth-order valence-electron chi connectivity index (χ4n) is 5.65. The molecule has 0 fully saturated rings. The molecule has 5 heteroatoms. The van der Waals surface area contributed by atoms with Gasteiger partial charge in [-0.15, -0.1) is 22.1 Å². The molecule has 0 aliphatic carbocycles. The second kappa shape index (κ2) is 10.6. The van der Waals surface area contributed by atoms with E-state index in [0.717, 1.165) is 70.5 Å². The molecule has 0 amide bonds. The summed E-state index contributed by atoms with van der Waals surface area (Å²) in [6, 6.07) is 8.72. The van der Waals surface area contributed by atoms with Gasteiger partial charge in [0.25, 0.3) is 0 Å². The Morgan fingerprint density at radius 2 is 0.865 bits per heavy atom. The molecule has 0 unspecified atom stereocenters. The number of hydrogen-bond donors (Lipinski definition) is 0. The first-order chi connectivity index (χ1) is 17.3. The summed E-state index contributed by atoms with van der Waals surface area (Å²) < 4.78 is 0. The Morgan fingerprint density at radius 1 is 0.514 bits per heavy atom. The molecule has 37 heavy (non-hydrogen) atoms.